The molecule has 0 amide bonds. The lowest BCUT2D eigenvalue weighted by Gasteiger charge is -2.19. The number of hydrogen-bond acceptors (Lipinski definition) is 2. The van der Waals surface area contributed by atoms with E-state index in [0.29, 0.717) is 6.54 Å². The molecule has 2 rings (SSSR count). The first-order chi connectivity index (χ1) is 8.45. The van der Waals surface area contributed by atoms with Gasteiger partial charge in [0.1, 0.15) is 0 Å². The Hall–Kier alpha value is -1.61. The number of aromatic nitrogens is 2. The Kier molecular flexibility index (Phi) is 3.26. The van der Waals surface area contributed by atoms with Crippen molar-refractivity contribution in [3.63, 3.8) is 0 Å². The number of benzene rings is 1. The van der Waals surface area contributed by atoms with Crippen LogP contribution in [0.3, 0.4) is 0 Å². The van der Waals surface area contributed by atoms with Crippen LogP contribution >= 0.6 is 0 Å². The summed E-state index contributed by atoms with van der Waals surface area (Å²) in [6, 6.07) is 8.32. The molecular formula is C15H21N3. The number of hydrogen-bond donors (Lipinski definition) is 1. The molecule has 3 nitrogen and oxygen atoms in total. The van der Waals surface area contributed by atoms with Crippen LogP contribution in [0.4, 0.5) is 0 Å². The van der Waals surface area contributed by atoms with Crippen molar-refractivity contribution in [1.82, 2.24) is 9.78 Å². The molecule has 18 heavy (non-hydrogen) atoms. The molecule has 0 unspecified atom stereocenters. The fourth-order valence-corrected chi connectivity index (χ4v) is 1.91. The van der Waals surface area contributed by atoms with E-state index in [1.807, 2.05) is 10.9 Å². The van der Waals surface area contributed by atoms with Crippen molar-refractivity contribution in [2.75, 3.05) is 6.54 Å². The van der Waals surface area contributed by atoms with E-state index in [1.165, 1.54) is 11.1 Å². The SMILES string of the molecule is Cc1cccc(-n2ccc(C(C)(C)CN)n2)c1C. The average Bonchev–Trinajstić information content (AvgIpc) is 2.82. The minimum atomic E-state index is -0.0804. The van der Waals surface area contributed by atoms with E-state index in [1.54, 1.807) is 0 Å². The monoisotopic (exact) mass is 243 g/mol. The van der Waals surface area contributed by atoms with Crippen LogP contribution in [-0.2, 0) is 5.41 Å². The molecule has 1 heterocycles. The molecule has 0 aliphatic carbocycles. The maximum Gasteiger partial charge on any atom is 0.0697 e. The highest BCUT2D eigenvalue weighted by Gasteiger charge is 2.21. The van der Waals surface area contributed by atoms with Crippen LogP contribution < -0.4 is 5.73 Å². The zero-order valence-corrected chi connectivity index (χ0v) is 11.6. The summed E-state index contributed by atoms with van der Waals surface area (Å²) in [6.07, 6.45) is 2.01. The van der Waals surface area contributed by atoms with Gasteiger partial charge in [0.2, 0.25) is 0 Å². The van der Waals surface area contributed by atoms with E-state index >= 15 is 0 Å². The summed E-state index contributed by atoms with van der Waals surface area (Å²) in [5.41, 5.74) is 10.4. The Morgan fingerprint density at radius 1 is 1.22 bits per heavy atom. The first-order valence-electron chi connectivity index (χ1n) is 6.28. The normalized spacial score (nSPS) is 11.8. The molecule has 0 spiro atoms. The highest BCUT2D eigenvalue weighted by Crippen LogP contribution is 2.22. The van der Waals surface area contributed by atoms with Crippen molar-refractivity contribution in [2.45, 2.75) is 33.1 Å². The molecule has 0 radical (unpaired) electrons. The van der Waals surface area contributed by atoms with Crippen LogP contribution in [0.5, 0.6) is 0 Å². The molecular weight excluding hydrogens is 222 g/mol. The quantitative estimate of drug-likeness (QED) is 0.900. The van der Waals surface area contributed by atoms with Crippen LogP contribution in [0.15, 0.2) is 30.5 Å². The Morgan fingerprint density at radius 3 is 2.61 bits per heavy atom. The molecule has 0 saturated carbocycles. The third-order valence-corrected chi connectivity index (χ3v) is 3.62. The van der Waals surface area contributed by atoms with E-state index in [9.17, 15) is 0 Å². The summed E-state index contributed by atoms with van der Waals surface area (Å²) in [5, 5.41) is 4.66. The molecule has 0 atom stereocenters. The van der Waals surface area contributed by atoms with Gasteiger partial charge in [0.25, 0.3) is 0 Å². The first kappa shape index (κ1) is 12.8. The molecule has 96 valence electrons. The number of nitrogens with two attached hydrogens (primary N) is 1. The molecule has 0 aliphatic heterocycles. The Labute approximate surface area is 109 Å². The lowest BCUT2D eigenvalue weighted by atomic mass is 9.90. The third-order valence-electron chi connectivity index (χ3n) is 3.62. The van der Waals surface area contributed by atoms with Crippen molar-refractivity contribution < 1.29 is 0 Å². The van der Waals surface area contributed by atoms with Gasteiger partial charge in [-0.3, -0.25) is 0 Å². The highest BCUT2D eigenvalue weighted by atomic mass is 15.3. The van der Waals surface area contributed by atoms with E-state index in [-0.39, 0.29) is 5.41 Å². The molecule has 0 fully saturated rings. The predicted octanol–water partition coefficient (Wildman–Crippen LogP) is 2.73. The van der Waals surface area contributed by atoms with Gasteiger partial charge in [-0.25, -0.2) is 4.68 Å². The van der Waals surface area contributed by atoms with Crippen LogP contribution in [-0.4, -0.2) is 16.3 Å². The Balaban J connectivity index is 2.45. The number of aryl methyl sites for hydroxylation is 1. The summed E-state index contributed by atoms with van der Waals surface area (Å²) >= 11 is 0. The third kappa shape index (κ3) is 2.18. The zero-order valence-electron chi connectivity index (χ0n) is 11.6. The molecule has 2 N–H and O–H groups in total. The number of rotatable bonds is 3. The van der Waals surface area contributed by atoms with Crippen LogP contribution in [0, 0.1) is 13.8 Å². The second-order valence-corrected chi connectivity index (χ2v) is 5.45. The first-order valence-corrected chi connectivity index (χ1v) is 6.28. The van der Waals surface area contributed by atoms with Crippen molar-refractivity contribution in [1.29, 1.82) is 0 Å². The van der Waals surface area contributed by atoms with E-state index < -0.39 is 0 Å². The van der Waals surface area contributed by atoms with Crippen LogP contribution in [0.2, 0.25) is 0 Å². The van der Waals surface area contributed by atoms with Gasteiger partial charge in [0, 0.05) is 18.2 Å². The maximum atomic E-state index is 5.79. The number of nitrogens with zero attached hydrogens (tertiary/aromatic N) is 2. The standard InChI is InChI=1S/C15H21N3/c1-11-6-5-7-13(12(11)2)18-9-8-14(17-18)15(3,4)10-16/h5-9H,10,16H2,1-4H3. The Morgan fingerprint density at radius 2 is 1.94 bits per heavy atom. The van der Waals surface area contributed by atoms with Gasteiger partial charge in [-0.15, -0.1) is 0 Å². The topological polar surface area (TPSA) is 43.8 Å². The van der Waals surface area contributed by atoms with Gasteiger partial charge >= 0.3 is 0 Å². The van der Waals surface area contributed by atoms with Crippen molar-refractivity contribution in [3.05, 3.63) is 47.3 Å². The van der Waals surface area contributed by atoms with E-state index in [0.717, 1.165) is 11.4 Å². The molecule has 3 heteroatoms. The Bertz CT molecular complexity index is 553. The molecule has 0 saturated heterocycles. The molecule has 1 aromatic carbocycles. The molecule has 0 bridgehead atoms. The van der Waals surface area contributed by atoms with Gasteiger partial charge < -0.3 is 5.73 Å². The maximum absolute atomic E-state index is 5.79. The zero-order chi connectivity index (χ0) is 13.3. The minimum Gasteiger partial charge on any atom is -0.330 e. The van der Waals surface area contributed by atoms with Crippen LogP contribution in [0.25, 0.3) is 5.69 Å². The molecule has 1 aromatic heterocycles. The summed E-state index contributed by atoms with van der Waals surface area (Å²) in [4.78, 5) is 0. The fraction of sp³-hybridized carbons (Fsp3) is 0.400. The summed E-state index contributed by atoms with van der Waals surface area (Å²) < 4.78 is 1.94. The van der Waals surface area contributed by atoms with Gasteiger partial charge in [-0.2, -0.15) is 5.10 Å². The average molecular weight is 243 g/mol. The van der Waals surface area contributed by atoms with Gasteiger partial charge in [0.15, 0.2) is 0 Å². The minimum absolute atomic E-state index is 0.0804. The van der Waals surface area contributed by atoms with Crippen LogP contribution in [0.1, 0.15) is 30.7 Å². The second kappa shape index (κ2) is 4.58. The second-order valence-electron chi connectivity index (χ2n) is 5.45. The van der Waals surface area contributed by atoms with E-state index in [4.69, 9.17) is 5.73 Å². The highest BCUT2D eigenvalue weighted by molar-refractivity contribution is 5.44. The largest absolute Gasteiger partial charge is 0.330 e. The van der Waals surface area contributed by atoms with E-state index in [2.05, 4.69) is 57.1 Å². The fourth-order valence-electron chi connectivity index (χ4n) is 1.91. The predicted molar refractivity (Wildman–Crippen MR) is 75.1 cm³/mol. The molecule has 0 aliphatic rings. The summed E-state index contributed by atoms with van der Waals surface area (Å²) in [7, 11) is 0. The smallest absolute Gasteiger partial charge is 0.0697 e. The molecule has 2 aromatic rings. The van der Waals surface area contributed by atoms with Gasteiger partial charge in [-0.1, -0.05) is 26.0 Å². The lowest BCUT2D eigenvalue weighted by Crippen LogP contribution is -2.28. The van der Waals surface area contributed by atoms with Crippen molar-refractivity contribution in [3.8, 4) is 5.69 Å². The van der Waals surface area contributed by atoms with Gasteiger partial charge in [-0.05, 0) is 37.1 Å². The summed E-state index contributed by atoms with van der Waals surface area (Å²) in [6.45, 7) is 9.07. The summed E-state index contributed by atoms with van der Waals surface area (Å²) in [5.74, 6) is 0. The van der Waals surface area contributed by atoms with Gasteiger partial charge in [0.05, 0.1) is 11.4 Å². The van der Waals surface area contributed by atoms with Crippen molar-refractivity contribution >= 4 is 0 Å². The lowest BCUT2D eigenvalue weighted by molar-refractivity contribution is 0.515. The van der Waals surface area contributed by atoms with Crippen molar-refractivity contribution in [2.24, 2.45) is 5.73 Å².